The number of nitrogens with two attached hydrogens (primary N) is 1. The van der Waals surface area contributed by atoms with Crippen molar-refractivity contribution in [1.29, 1.82) is 0 Å². The molecular weight excluding hydrogens is 257 g/mol. The monoisotopic (exact) mass is 274 g/mol. The molecule has 2 unspecified atom stereocenters. The third-order valence-corrected chi connectivity index (χ3v) is 3.48. The Labute approximate surface area is 110 Å². The summed E-state index contributed by atoms with van der Waals surface area (Å²) >= 11 is 0. The minimum absolute atomic E-state index is 0.0389. The van der Waals surface area contributed by atoms with Crippen LogP contribution in [-0.2, 0) is 6.18 Å². The van der Waals surface area contributed by atoms with E-state index in [0.717, 1.165) is 37.9 Å². The van der Waals surface area contributed by atoms with Crippen molar-refractivity contribution >= 4 is 0 Å². The van der Waals surface area contributed by atoms with Gasteiger partial charge in [-0.3, -0.25) is 0 Å². The lowest BCUT2D eigenvalue weighted by Gasteiger charge is -2.30. The van der Waals surface area contributed by atoms with Gasteiger partial charge in [-0.1, -0.05) is 6.42 Å². The van der Waals surface area contributed by atoms with Crippen molar-refractivity contribution in [3.8, 4) is 5.88 Å². The highest BCUT2D eigenvalue weighted by Crippen LogP contribution is 2.31. The number of aromatic nitrogens is 1. The first-order valence-corrected chi connectivity index (χ1v) is 6.40. The molecule has 19 heavy (non-hydrogen) atoms. The van der Waals surface area contributed by atoms with Gasteiger partial charge in [-0.15, -0.1) is 0 Å². The maximum absolute atomic E-state index is 12.4. The molecule has 0 saturated heterocycles. The molecule has 1 aromatic heterocycles. The van der Waals surface area contributed by atoms with Crippen LogP contribution >= 0.6 is 0 Å². The van der Waals surface area contributed by atoms with Crippen LogP contribution in [0, 0.1) is 5.92 Å². The quantitative estimate of drug-likeness (QED) is 0.921. The highest BCUT2D eigenvalue weighted by molar-refractivity contribution is 5.20. The maximum Gasteiger partial charge on any atom is 0.417 e. The molecular formula is C13H17F3N2O. The first kappa shape index (κ1) is 14.1. The first-order valence-electron chi connectivity index (χ1n) is 6.40. The zero-order valence-corrected chi connectivity index (χ0v) is 10.5. The Morgan fingerprint density at radius 2 is 2.00 bits per heavy atom. The Balaban J connectivity index is 2.02. The van der Waals surface area contributed by atoms with Gasteiger partial charge in [0, 0.05) is 18.2 Å². The SMILES string of the molecule is NCC1CCCCC1Oc1ccc(C(F)(F)F)cn1. The van der Waals surface area contributed by atoms with Gasteiger partial charge in [0.1, 0.15) is 6.10 Å². The molecule has 0 aromatic carbocycles. The number of rotatable bonds is 3. The molecule has 2 atom stereocenters. The fraction of sp³-hybridized carbons (Fsp3) is 0.615. The van der Waals surface area contributed by atoms with Crippen LogP contribution in [0.1, 0.15) is 31.2 Å². The van der Waals surface area contributed by atoms with Crippen molar-refractivity contribution in [1.82, 2.24) is 4.98 Å². The summed E-state index contributed by atoms with van der Waals surface area (Å²) in [6.45, 7) is 0.533. The molecule has 106 valence electrons. The smallest absolute Gasteiger partial charge is 0.417 e. The number of pyridine rings is 1. The molecule has 2 N–H and O–H groups in total. The summed E-state index contributed by atoms with van der Waals surface area (Å²) in [4.78, 5) is 3.72. The number of halogens is 3. The minimum Gasteiger partial charge on any atom is -0.474 e. The van der Waals surface area contributed by atoms with Gasteiger partial charge in [0.2, 0.25) is 5.88 Å². The predicted molar refractivity (Wildman–Crippen MR) is 64.7 cm³/mol. The van der Waals surface area contributed by atoms with Gasteiger partial charge in [0.15, 0.2) is 0 Å². The topological polar surface area (TPSA) is 48.1 Å². The van der Waals surface area contributed by atoms with Gasteiger partial charge in [0.05, 0.1) is 5.56 Å². The summed E-state index contributed by atoms with van der Waals surface area (Å²) < 4.78 is 42.9. The normalized spacial score (nSPS) is 24.2. The highest BCUT2D eigenvalue weighted by Gasteiger charge is 2.31. The molecule has 3 nitrogen and oxygen atoms in total. The van der Waals surface area contributed by atoms with E-state index in [1.54, 1.807) is 0 Å². The van der Waals surface area contributed by atoms with E-state index < -0.39 is 11.7 Å². The Morgan fingerprint density at radius 1 is 1.26 bits per heavy atom. The van der Waals surface area contributed by atoms with E-state index in [0.29, 0.717) is 6.54 Å². The Hall–Kier alpha value is -1.30. The van der Waals surface area contributed by atoms with Gasteiger partial charge in [-0.05, 0) is 31.9 Å². The number of hydrogen-bond acceptors (Lipinski definition) is 3. The molecule has 1 aliphatic rings. The van der Waals surface area contributed by atoms with Crippen molar-refractivity contribution in [3.63, 3.8) is 0 Å². The van der Waals surface area contributed by atoms with Crippen molar-refractivity contribution in [2.45, 2.75) is 38.0 Å². The molecule has 6 heteroatoms. The minimum atomic E-state index is -4.36. The average Bonchev–Trinajstić information content (AvgIpc) is 2.39. The van der Waals surface area contributed by atoms with Crippen molar-refractivity contribution in [2.24, 2.45) is 11.7 Å². The van der Waals surface area contributed by atoms with E-state index in [4.69, 9.17) is 10.5 Å². The van der Waals surface area contributed by atoms with E-state index in [-0.39, 0.29) is 17.9 Å². The average molecular weight is 274 g/mol. The van der Waals surface area contributed by atoms with Gasteiger partial charge < -0.3 is 10.5 Å². The van der Waals surface area contributed by atoms with Gasteiger partial charge in [-0.25, -0.2) is 4.98 Å². The molecule has 0 aliphatic heterocycles. The second kappa shape index (κ2) is 5.77. The largest absolute Gasteiger partial charge is 0.474 e. The summed E-state index contributed by atoms with van der Waals surface area (Å²) in [5.41, 5.74) is 4.91. The third-order valence-electron chi connectivity index (χ3n) is 3.48. The van der Waals surface area contributed by atoms with E-state index in [9.17, 15) is 13.2 Å². The fourth-order valence-electron chi connectivity index (χ4n) is 2.37. The lowest BCUT2D eigenvalue weighted by atomic mass is 9.86. The Morgan fingerprint density at radius 3 is 2.58 bits per heavy atom. The number of nitrogens with zero attached hydrogens (tertiary/aromatic N) is 1. The zero-order valence-electron chi connectivity index (χ0n) is 10.5. The zero-order chi connectivity index (χ0) is 13.9. The van der Waals surface area contributed by atoms with Crippen LogP contribution in [0.5, 0.6) is 5.88 Å². The summed E-state index contributed by atoms with van der Waals surface area (Å²) in [6.07, 6.45) is 0.463. The van der Waals surface area contributed by atoms with Crippen LogP contribution < -0.4 is 10.5 Å². The summed E-state index contributed by atoms with van der Waals surface area (Å²) in [7, 11) is 0. The molecule has 1 aromatic rings. The molecule has 0 radical (unpaired) electrons. The van der Waals surface area contributed by atoms with Crippen molar-refractivity contribution in [3.05, 3.63) is 23.9 Å². The maximum atomic E-state index is 12.4. The third kappa shape index (κ3) is 3.59. The van der Waals surface area contributed by atoms with E-state index in [1.165, 1.54) is 6.07 Å². The second-order valence-corrected chi connectivity index (χ2v) is 4.82. The Bertz CT molecular complexity index is 405. The van der Waals surface area contributed by atoms with Crippen molar-refractivity contribution < 1.29 is 17.9 Å². The van der Waals surface area contributed by atoms with Gasteiger partial charge >= 0.3 is 6.18 Å². The van der Waals surface area contributed by atoms with E-state index in [1.807, 2.05) is 0 Å². The van der Waals surface area contributed by atoms with Crippen molar-refractivity contribution in [2.75, 3.05) is 6.54 Å². The summed E-state index contributed by atoms with van der Waals surface area (Å²) in [5.74, 6) is 0.496. The van der Waals surface area contributed by atoms with Crippen LogP contribution in [0.4, 0.5) is 13.2 Å². The van der Waals surface area contributed by atoms with E-state index >= 15 is 0 Å². The molecule has 2 rings (SSSR count). The predicted octanol–water partition coefficient (Wildman–Crippen LogP) is 3.00. The van der Waals surface area contributed by atoms with Crippen LogP contribution in [0.2, 0.25) is 0 Å². The molecule has 1 fully saturated rings. The lowest BCUT2D eigenvalue weighted by molar-refractivity contribution is -0.137. The molecule has 1 heterocycles. The van der Waals surface area contributed by atoms with Gasteiger partial charge in [0.25, 0.3) is 0 Å². The highest BCUT2D eigenvalue weighted by atomic mass is 19.4. The van der Waals surface area contributed by atoms with Crippen LogP contribution in [0.3, 0.4) is 0 Å². The molecule has 1 aliphatic carbocycles. The fourth-order valence-corrected chi connectivity index (χ4v) is 2.37. The molecule has 1 saturated carbocycles. The summed E-state index contributed by atoms with van der Waals surface area (Å²) in [6, 6.07) is 2.26. The van der Waals surface area contributed by atoms with E-state index in [2.05, 4.69) is 4.98 Å². The summed E-state index contributed by atoms with van der Waals surface area (Å²) in [5, 5.41) is 0. The molecule has 0 amide bonds. The lowest BCUT2D eigenvalue weighted by Crippen LogP contribution is -2.35. The number of ether oxygens (including phenoxy) is 1. The Kier molecular flexibility index (Phi) is 4.29. The molecule has 0 bridgehead atoms. The van der Waals surface area contributed by atoms with Crippen LogP contribution in [0.15, 0.2) is 18.3 Å². The number of hydrogen-bond donors (Lipinski definition) is 1. The van der Waals surface area contributed by atoms with Gasteiger partial charge in [-0.2, -0.15) is 13.2 Å². The second-order valence-electron chi connectivity index (χ2n) is 4.82. The standard InChI is InChI=1S/C13H17F3N2O/c14-13(15,16)10-5-6-12(18-8-10)19-11-4-2-1-3-9(11)7-17/h5-6,8-9,11H,1-4,7,17H2. The van der Waals surface area contributed by atoms with Crippen LogP contribution in [0.25, 0.3) is 0 Å². The van der Waals surface area contributed by atoms with Crippen LogP contribution in [-0.4, -0.2) is 17.6 Å². The molecule has 0 spiro atoms. The first-order chi connectivity index (χ1) is 9.00. The number of alkyl halides is 3.